The molecule has 0 radical (unpaired) electrons. The summed E-state index contributed by atoms with van der Waals surface area (Å²) in [6.07, 6.45) is -4.34. The quantitative estimate of drug-likeness (QED) is 0.468. The number of H-pyrrole nitrogens is 1. The van der Waals surface area contributed by atoms with Gasteiger partial charge in [0.15, 0.2) is 11.6 Å². The minimum Gasteiger partial charge on any atom is -0.443 e. The second kappa shape index (κ2) is 8.75. The summed E-state index contributed by atoms with van der Waals surface area (Å²) in [4.78, 5) is 15.9. The van der Waals surface area contributed by atoms with Crippen LogP contribution in [0.3, 0.4) is 0 Å². The van der Waals surface area contributed by atoms with Gasteiger partial charge in [-0.25, -0.2) is 18.7 Å². The summed E-state index contributed by atoms with van der Waals surface area (Å²) in [6, 6.07) is 2.52. The van der Waals surface area contributed by atoms with Crippen molar-refractivity contribution in [3.05, 3.63) is 30.2 Å². The Morgan fingerprint density at radius 3 is 2.82 bits per heavy atom. The smallest absolute Gasteiger partial charge is 0.443 e. The third kappa shape index (κ3) is 5.26. The van der Waals surface area contributed by atoms with Crippen molar-refractivity contribution < 1.29 is 31.8 Å². The highest BCUT2D eigenvalue weighted by atomic mass is 19.4. The summed E-state index contributed by atoms with van der Waals surface area (Å²) in [5, 5.41) is 16.0. The zero-order valence-electron chi connectivity index (χ0n) is 17.6. The van der Waals surface area contributed by atoms with Gasteiger partial charge in [-0.2, -0.15) is 5.10 Å². The van der Waals surface area contributed by atoms with Crippen LogP contribution < -0.4 is 15.4 Å². The number of aromatic amines is 1. The van der Waals surface area contributed by atoms with E-state index in [9.17, 15) is 22.4 Å². The van der Waals surface area contributed by atoms with Crippen LogP contribution in [0.15, 0.2) is 24.5 Å². The lowest BCUT2D eigenvalue weighted by Crippen LogP contribution is -2.36. The van der Waals surface area contributed by atoms with Gasteiger partial charge in [0.25, 0.3) is 0 Å². The highest BCUT2D eigenvalue weighted by Gasteiger charge is 2.41. The molecule has 1 fully saturated rings. The van der Waals surface area contributed by atoms with Gasteiger partial charge < -0.3 is 20.1 Å². The van der Waals surface area contributed by atoms with Gasteiger partial charge in [-0.1, -0.05) is 0 Å². The molecule has 10 nitrogen and oxygen atoms in total. The predicted molar refractivity (Wildman–Crippen MR) is 107 cm³/mol. The molecule has 0 aliphatic heterocycles. The highest BCUT2D eigenvalue weighted by molar-refractivity contribution is 5.72. The monoisotopic (exact) mass is 471 g/mol. The molecule has 0 aromatic carbocycles. The molecule has 14 heteroatoms. The maximum absolute atomic E-state index is 14.9. The van der Waals surface area contributed by atoms with E-state index in [2.05, 4.69) is 35.7 Å². The minimum absolute atomic E-state index is 0.126. The van der Waals surface area contributed by atoms with Gasteiger partial charge in [-0.3, -0.25) is 5.10 Å². The van der Waals surface area contributed by atoms with Crippen LogP contribution in [0.25, 0.3) is 5.52 Å². The molecule has 1 saturated carbocycles. The number of amides is 1. The molecule has 3 aromatic heterocycles. The number of hydrogen-bond donors (Lipinski definition) is 3. The molecule has 3 heterocycles. The van der Waals surface area contributed by atoms with Crippen molar-refractivity contribution in [1.29, 1.82) is 0 Å². The van der Waals surface area contributed by atoms with Crippen molar-refractivity contribution in [2.45, 2.75) is 57.3 Å². The van der Waals surface area contributed by atoms with E-state index in [4.69, 9.17) is 4.74 Å². The maximum atomic E-state index is 14.9. The number of halogens is 4. The first-order valence-electron chi connectivity index (χ1n) is 10.1. The Hall–Kier alpha value is -3.58. The van der Waals surface area contributed by atoms with Gasteiger partial charge >= 0.3 is 12.5 Å². The van der Waals surface area contributed by atoms with Crippen molar-refractivity contribution in [3.63, 3.8) is 0 Å². The predicted octanol–water partition coefficient (Wildman–Crippen LogP) is 3.81. The maximum Gasteiger partial charge on any atom is 0.574 e. The SMILES string of the molecule is CC(C)NC(=O)O[C@H]1CC[C@@H](c2cc(Nc3nccn4nc(OC(F)(F)F)cc34)n[nH]2)[C@@H]1F. The van der Waals surface area contributed by atoms with E-state index in [0.29, 0.717) is 18.5 Å². The molecule has 1 amide bonds. The number of nitrogens with zero attached hydrogens (tertiary/aromatic N) is 4. The van der Waals surface area contributed by atoms with E-state index in [0.717, 1.165) is 6.07 Å². The Morgan fingerprint density at radius 1 is 1.30 bits per heavy atom. The van der Waals surface area contributed by atoms with E-state index in [1.807, 2.05) is 0 Å². The molecular formula is C19H21F4N7O3. The molecule has 178 valence electrons. The number of alkyl halides is 4. The molecule has 1 aliphatic carbocycles. The van der Waals surface area contributed by atoms with Crippen molar-refractivity contribution in [2.75, 3.05) is 5.32 Å². The Morgan fingerprint density at radius 2 is 2.09 bits per heavy atom. The molecule has 3 aromatic rings. The number of hydrogen-bond acceptors (Lipinski definition) is 7. The summed E-state index contributed by atoms with van der Waals surface area (Å²) in [5.74, 6) is -0.746. The lowest BCUT2D eigenvalue weighted by Gasteiger charge is -2.18. The summed E-state index contributed by atoms with van der Waals surface area (Å²) in [6.45, 7) is 3.54. The van der Waals surface area contributed by atoms with Crippen molar-refractivity contribution in [3.8, 4) is 5.88 Å². The second-order valence-electron chi connectivity index (χ2n) is 7.84. The summed E-state index contributed by atoms with van der Waals surface area (Å²) in [7, 11) is 0. The number of aromatic nitrogens is 5. The van der Waals surface area contributed by atoms with Crippen LogP contribution in [0, 0.1) is 0 Å². The normalized spacial score (nSPS) is 20.9. The van der Waals surface area contributed by atoms with Gasteiger partial charge in [0.05, 0.1) is 0 Å². The average molecular weight is 471 g/mol. The molecule has 4 rings (SSSR count). The van der Waals surface area contributed by atoms with E-state index in [-0.39, 0.29) is 23.2 Å². The number of carbonyl (C=O) groups is 1. The number of carbonyl (C=O) groups excluding carboxylic acids is 1. The molecular weight excluding hydrogens is 450 g/mol. The fourth-order valence-corrected chi connectivity index (χ4v) is 3.66. The van der Waals surface area contributed by atoms with Crippen LogP contribution in [-0.2, 0) is 4.74 Å². The van der Waals surface area contributed by atoms with E-state index in [1.54, 1.807) is 19.9 Å². The van der Waals surface area contributed by atoms with Crippen molar-refractivity contribution in [1.82, 2.24) is 30.1 Å². The number of fused-ring (bicyclic) bond motifs is 1. The first kappa shape index (κ1) is 22.6. The van der Waals surface area contributed by atoms with Gasteiger partial charge in [-0.05, 0) is 26.7 Å². The van der Waals surface area contributed by atoms with Gasteiger partial charge in [0.2, 0.25) is 5.88 Å². The second-order valence-corrected chi connectivity index (χ2v) is 7.84. The van der Waals surface area contributed by atoms with Gasteiger partial charge in [-0.15, -0.1) is 18.3 Å². The van der Waals surface area contributed by atoms with Crippen molar-refractivity contribution in [2.24, 2.45) is 0 Å². The molecule has 3 atom stereocenters. The molecule has 1 aliphatic rings. The summed E-state index contributed by atoms with van der Waals surface area (Å²) >= 11 is 0. The summed E-state index contributed by atoms with van der Waals surface area (Å²) < 4.78 is 62.5. The molecule has 0 saturated heterocycles. The lowest BCUT2D eigenvalue weighted by atomic mass is 10.0. The Balaban J connectivity index is 1.45. The lowest BCUT2D eigenvalue weighted by molar-refractivity contribution is -0.276. The number of ether oxygens (including phenoxy) is 2. The van der Waals surface area contributed by atoms with Crippen LogP contribution in [0.2, 0.25) is 0 Å². The van der Waals surface area contributed by atoms with Gasteiger partial charge in [0, 0.05) is 42.2 Å². The standard InChI is InChI=1S/C19H21F4N7O3/c1-9(2)25-18(31)32-13-4-3-10(16(13)20)11-7-14(28-27-11)26-17-12-8-15(33-19(21,22)23)29-30(12)6-5-24-17/h5-10,13,16H,3-4H2,1-2H3,(H,25,31)(H2,24,26,27,28)/t10-,13-,16-/m0/s1. The van der Waals surface area contributed by atoms with Crippen LogP contribution in [-0.4, -0.2) is 55.6 Å². The van der Waals surface area contributed by atoms with Crippen LogP contribution >= 0.6 is 0 Å². The minimum atomic E-state index is -4.88. The van der Waals surface area contributed by atoms with E-state index >= 15 is 0 Å². The fourth-order valence-electron chi connectivity index (χ4n) is 3.66. The van der Waals surface area contributed by atoms with Crippen molar-refractivity contribution >= 4 is 23.2 Å². The van der Waals surface area contributed by atoms with E-state index in [1.165, 1.54) is 16.9 Å². The van der Waals surface area contributed by atoms with Crippen LogP contribution in [0.5, 0.6) is 5.88 Å². The zero-order valence-corrected chi connectivity index (χ0v) is 17.6. The molecule has 0 unspecified atom stereocenters. The molecule has 33 heavy (non-hydrogen) atoms. The highest BCUT2D eigenvalue weighted by Crippen LogP contribution is 2.38. The largest absolute Gasteiger partial charge is 0.574 e. The third-order valence-electron chi connectivity index (χ3n) is 5.00. The topological polar surface area (TPSA) is 118 Å². The zero-order chi connectivity index (χ0) is 23.8. The molecule has 0 spiro atoms. The summed E-state index contributed by atoms with van der Waals surface area (Å²) in [5.41, 5.74) is 0.706. The number of rotatable bonds is 6. The van der Waals surface area contributed by atoms with Crippen LogP contribution in [0.4, 0.5) is 34.0 Å². The first-order valence-corrected chi connectivity index (χ1v) is 10.1. The Bertz CT molecular complexity index is 1130. The Labute approximate surface area is 184 Å². The van der Waals surface area contributed by atoms with E-state index < -0.39 is 36.5 Å². The van der Waals surface area contributed by atoms with Crippen LogP contribution in [0.1, 0.15) is 38.3 Å². The Kier molecular flexibility index (Phi) is 5.99. The molecule has 3 N–H and O–H groups in total. The number of anilines is 2. The molecule has 0 bridgehead atoms. The van der Waals surface area contributed by atoms with Gasteiger partial charge in [0.1, 0.15) is 17.8 Å². The number of alkyl carbamates (subject to hydrolysis) is 1. The number of nitrogens with one attached hydrogen (secondary N) is 3. The fraction of sp³-hybridized carbons (Fsp3) is 0.474. The third-order valence-corrected chi connectivity index (χ3v) is 5.00. The first-order chi connectivity index (χ1) is 15.6. The average Bonchev–Trinajstić information content (AvgIpc) is 3.40.